The van der Waals surface area contributed by atoms with Gasteiger partial charge in [0.15, 0.2) is 5.82 Å². The number of ether oxygens (including phenoxy) is 1. The first-order valence-electron chi connectivity index (χ1n) is 13.5. The molecule has 2 aromatic carbocycles. The number of benzene rings is 2. The van der Waals surface area contributed by atoms with Crippen LogP contribution in [0, 0.1) is 0 Å². The van der Waals surface area contributed by atoms with E-state index in [2.05, 4.69) is 33.2 Å². The van der Waals surface area contributed by atoms with Crippen LogP contribution < -0.4 is 10.5 Å². The maximum atomic E-state index is 12.1. The molecule has 1 unspecified atom stereocenters. The van der Waals surface area contributed by atoms with E-state index in [4.69, 9.17) is 20.0 Å². The van der Waals surface area contributed by atoms with Crippen LogP contribution in [0.5, 0.6) is 5.88 Å². The van der Waals surface area contributed by atoms with Crippen LogP contribution in [0.2, 0.25) is 0 Å². The highest BCUT2D eigenvalue weighted by atomic mass is 16.5. The molecule has 3 heterocycles. The van der Waals surface area contributed by atoms with Gasteiger partial charge in [-0.05, 0) is 30.0 Å². The quantitative estimate of drug-likeness (QED) is 0.247. The third-order valence-electron chi connectivity index (χ3n) is 7.36. The number of nitrogens with zero attached hydrogens (tertiary/aromatic N) is 7. The zero-order valence-electron chi connectivity index (χ0n) is 23.6. The summed E-state index contributed by atoms with van der Waals surface area (Å²) in [6.45, 7) is 2.58. The van der Waals surface area contributed by atoms with Gasteiger partial charge in [-0.3, -0.25) is 9.48 Å². The summed E-state index contributed by atoms with van der Waals surface area (Å²) in [7, 11) is 3.42. The second kappa shape index (κ2) is 10.9. The molecule has 1 amide bonds. The molecule has 0 bridgehead atoms. The van der Waals surface area contributed by atoms with Gasteiger partial charge < -0.3 is 19.9 Å². The number of carbonyl (C=O) groups is 1. The molecule has 1 atom stereocenters. The molecule has 212 valence electrons. The van der Waals surface area contributed by atoms with Crippen molar-refractivity contribution < 1.29 is 14.1 Å². The van der Waals surface area contributed by atoms with E-state index in [0.717, 1.165) is 28.7 Å². The van der Waals surface area contributed by atoms with Gasteiger partial charge in [-0.25, -0.2) is 4.98 Å². The Bertz CT molecular complexity index is 1760. The van der Waals surface area contributed by atoms with E-state index in [-0.39, 0.29) is 18.4 Å². The number of amides is 1. The molecule has 0 saturated carbocycles. The summed E-state index contributed by atoms with van der Waals surface area (Å²) in [6.07, 6.45) is 8.06. The monoisotopic (exact) mass is 562 g/mol. The number of likely N-dealkylation sites (N-methyl/N-ethyl adjacent to an activating group) is 1. The smallest absolute Gasteiger partial charge is 0.261 e. The Balaban J connectivity index is 1.25. The molecule has 0 spiro atoms. The van der Waals surface area contributed by atoms with Crippen LogP contribution in [-0.2, 0) is 23.4 Å². The number of hydrogen-bond donors (Lipinski definition) is 1. The van der Waals surface area contributed by atoms with E-state index < -0.39 is 5.41 Å². The second-order valence-corrected chi connectivity index (χ2v) is 10.5. The zero-order chi connectivity index (χ0) is 29.3. The number of nitrogens with two attached hydrogens (primary N) is 1. The Kier molecular flexibility index (Phi) is 6.99. The van der Waals surface area contributed by atoms with Crippen molar-refractivity contribution in [2.75, 3.05) is 19.8 Å². The Morgan fingerprint density at radius 1 is 1.07 bits per heavy atom. The molecule has 6 rings (SSSR count). The van der Waals surface area contributed by atoms with Crippen molar-refractivity contribution in [1.29, 1.82) is 0 Å². The van der Waals surface area contributed by atoms with E-state index in [1.807, 2.05) is 54.6 Å². The van der Waals surface area contributed by atoms with Gasteiger partial charge in [-0.15, -0.1) is 0 Å². The van der Waals surface area contributed by atoms with Crippen molar-refractivity contribution in [1.82, 2.24) is 34.8 Å². The van der Waals surface area contributed by atoms with E-state index in [1.165, 1.54) is 10.5 Å². The summed E-state index contributed by atoms with van der Waals surface area (Å²) in [5, 5.41) is 8.64. The Morgan fingerprint density at radius 2 is 1.83 bits per heavy atom. The van der Waals surface area contributed by atoms with Gasteiger partial charge in [0.05, 0.1) is 22.7 Å². The molecule has 1 aliphatic carbocycles. The summed E-state index contributed by atoms with van der Waals surface area (Å²) in [5.41, 5.74) is 10.8. The predicted octanol–water partition coefficient (Wildman–Crippen LogP) is 4.28. The molecule has 0 saturated heterocycles. The summed E-state index contributed by atoms with van der Waals surface area (Å²) in [4.78, 5) is 26.9. The van der Waals surface area contributed by atoms with Gasteiger partial charge in [0, 0.05) is 26.5 Å². The number of rotatable bonds is 10. The van der Waals surface area contributed by atoms with Crippen molar-refractivity contribution in [2.45, 2.75) is 31.9 Å². The van der Waals surface area contributed by atoms with Crippen molar-refractivity contribution in [3.8, 4) is 28.5 Å². The van der Waals surface area contributed by atoms with Gasteiger partial charge in [0.25, 0.3) is 5.89 Å². The molecular weight excluding hydrogens is 532 g/mol. The molecule has 42 heavy (non-hydrogen) atoms. The highest BCUT2D eigenvalue weighted by Crippen LogP contribution is 2.46. The highest BCUT2D eigenvalue weighted by molar-refractivity contribution is 5.75. The second-order valence-electron chi connectivity index (χ2n) is 10.5. The van der Waals surface area contributed by atoms with Crippen LogP contribution in [0.4, 0.5) is 5.95 Å². The molecular formula is C31H30N8O3. The topological polar surface area (TPSA) is 138 Å². The standard InChI is InChI=1S/C31H30N8O3/c1-31(24-13-14-24,29-35-27(42-37-29)22-15-34-39(17-22)18-26(40)38(2)3)23-11-9-21(10-12-23)25-16-33-30(32)36-28(25)41-19-20-7-5-4-6-8-20/h4-13,15-17H,14,18-19H2,1-3H3,(H2,32,33,36). The fraction of sp³-hybridized carbons (Fsp3) is 0.226. The first kappa shape index (κ1) is 26.9. The summed E-state index contributed by atoms with van der Waals surface area (Å²) in [5.74, 6) is 1.40. The lowest BCUT2D eigenvalue weighted by Gasteiger charge is -2.25. The third-order valence-corrected chi connectivity index (χ3v) is 7.36. The third kappa shape index (κ3) is 5.36. The number of hydrogen-bond acceptors (Lipinski definition) is 9. The fourth-order valence-corrected chi connectivity index (χ4v) is 4.70. The average Bonchev–Trinajstić information content (AvgIpc) is 3.56. The number of allylic oxidation sites excluding steroid dienone is 2. The number of nitrogen functional groups attached to an aromatic ring is 1. The van der Waals surface area contributed by atoms with Crippen LogP contribution in [0.15, 0.2) is 89.4 Å². The van der Waals surface area contributed by atoms with E-state index in [0.29, 0.717) is 29.8 Å². The van der Waals surface area contributed by atoms with Gasteiger partial charge in [0.2, 0.25) is 17.7 Å². The molecule has 0 fully saturated rings. The minimum absolute atomic E-state index is 0.0621. The summed E-state index contributed by atoms with van der Waals surface area (Å²) >= 11 is 0. The van der Waals surface area contributed by atoms with Crippen LogP contribution in [0.25, 0.3) is 22.6 Å². The van der Waals surface area contributed by atoms with E-state index in [9.17, 15) is 4.79 Å². The molecule has 0 radical (unpaired) electrons. The first-order chi connectivity index (χ1) is 20.3. The van der Waals surface area contributed by atoms with E-state index >= 15 is 0 Å². The normalized spacial score (nSPS) is 13.7. The maximum absolute atomic E-state index is 12.1. The molecule has 5 aromatic rings. The Morgan fingerprint density at radius 3 is 2.55 bits per heavy atom. The predicted molar refractivity (Wildman–Crippen MR) is 156 cm³/mol. The van der Waals surface area contributed by atoms with Crippen LogP contribution in [0.1, 0.15) is 30.3 Å². The molecule has 2 N–H and O–H groups in total. The van der Waals surface area contributed by atoms with Crippen LogP contribution >= 0.6 is 0 Å². The molecule has 11 nitrogen and oxygen atoms in total. The summed E-state index contributed by atoms with van der Waals surface area (Å²) < 4.78 is 13.3. The van der Waals surface area contributed by atoms with Gasteiger partial charge in [-0.1, -0.05) is 71.4 Å². The highest BCUT2D eigenvalue weighted by Gasteiger charge is 2.41. The van der Waals surface area contributed by atoms with Crippen LogP contribution in [-0.4, -0.2) is 54.8 Å². The van der Waals surface area contributed by atoms with Crippen molar-refractivity contribution in [2.24, 2.45) is 0 Å². The fourth-order valence-electron chi connectivity index (χ4n) is 4.70. The largest absolute Gasteiger partial charge is 0.472 e. The molecule has 0 aliphatic heterocycles. The minimum Gasteiger partial charge on any atom is -0.472 e. The number of aromatic nitrogens is 6. The van der Waals surface area contributed by atoms with Crippen LogP contribution in [0.3, 0.4) is 0 Å². The Hall–Kier alpha value is -5.32. The van der Waals surface area contributed by atoms with Gasteiger partial charge >= 0.3 is 0 Å². The van der Waals surface area contributed by atoms with Gasteiger partial charge in [-0.2, -0.15) is 15.1 Å². The number of anilines is 1. The van der Waals surface area contributed by atoms with Crippen molar-refractivity contribution >= 4 is 11.9 Å². The molecule has 3 aromatic heterocycles. The Labute approximate surface area is 242 Å². The SMILES string of the molecule is CN(C)C(=O)Cn1cc(-c2nc(C(C)(C3=CC3)c3ccc(-c4cnc(N)nc4OCc4ccccc4)cc3)no2)cn1. The number of carbonyl (C=O) groups excluding carboxylic acids is 1. The zero-order valence-corrected chi connectivity index (χ0v) is 23.6. The molecule has 11 heteroatoms. The lowest BCUT2D eigenvalue weighted by atomic mass is 9.78. The van der Waals surface area contributed by atoms with Crippen molar-refractivity contribution in [3.63, 3.8) is 0 Å². The lowest BCUT2D eigenvalue weighted by Crippen LogP contribution is -2.26. The minimum atomic E-state index is -0.582. The van der Waals surface area contributed by atoms with E-state index in [1.54, 1.807) is 37.4 Å². The molecule has 1 aliphatic rings. The maximum Gasteiger partial charge on any atom is 0.261 e. The summed E-state index contributed by atoms with van der Waals surface area (Å²) in [6, 6.07) is 18.0. The lowest BCUT2D eigenvalue weighted by molar-refractivity contribution is -0.129. The van der Waals surface area contributed by atoms with Crippen molar-refractivity contribution in [3.05, 3.63) is 102 Å². The first-order valence-corrected chi connectivity index (χ1v) is 13.5. The average molecular weight is 563 g/mol. The van der Waals surface area contributed by atoms with Gasteiger partial charge in [0.1, 0.15) is 13.2 Å².